The smallest absolute Gasteiger partial charge is 0.0713 e. The van der Waals surface area contributed by atoms with Gasteiger partial charge in [0.25, 0.3) is 0 Å². The summed E-state index contributed by atoms with van der Waals surface area (Å²) in [5.74, 6) is 0. The van der Waals surface area contributed by atoms with Gasteiger partial charge in [-0.25, -0.2) is 0 Å². The number of halogens is 2. The third-order valence-electron chi connectivity index (χ3n) is 0.957. The lowest BCUT2D eigenvalue weighted by Gasteiger charge is -1.86. The lowest BCUT2D eigenvalue weighted by atomic mass is 10.2. The maximum Gasteiger partial charge on any atom is 0.0713 e. The first-order valence-electron chi connectivity index (χ1n) is 3.29. The Morgan fingerprint density at radius 2 is 1.22 bits per heavy atom. The number of hydrogen-bond acceptors (Lipinski definition) is 0. The van der Waals surface area contributed by atoms with Gasteiger partial charge in [0.1, 0.15) is 0 Å². The zero-order valence-corrected chi connectivity index (χ0v) is 8.60. The van der Waals surface area contributed by atoms with Crippen molar-refractivity contribution < 1.29 is 0 Å². The molecule has 0 N–H and O–H groups in total. The fourth-order valence-electron chi connectivity index (χ4n) is 0.500. The van der Waals surface area contributed by atoms with Gasteiger partial charge in [-0.05, 0) is 0 Å². The first-order chi connectivity index (χ1) is 4.33. The predicted octanol–water partition coefficient (Wildman–Crippen LogP) is 4.56. The van der Waals surface area contributed by atoms with Crippen LogP contribution in [0.1, 0.15) is 39.5 Å². The molecule has 0 fully saturated rings. The van der Waals surface area contributed by atoms with Crippen molar-refractivity contribution in [2.24, 2.45) is 0 Å². The summed E-state index contributed by atoms with van der Waals surface area (Å²) in [6.07, 6.45) is 5.54. The molecule has 0 spiro atoms. The normalized spacial score (nSPS) is 8.00. The Kier molecular flexibility index (Phi) is 22.5. The van der Waals surface area contributed by atoms with E-state index in [1.54, 1.807) is 0 Å². The highest BCUT2D eigenvalue weighted by atomic mass is 35.9. The van der Waals surface area contributed by atoms with Crippen LogP contribution in [0.15, 0.2) is 0 Å². The van der Waals surface area contributed by atoms with Gasteiger partial charge in [-0.15, -0.1) is 0 Å². The minimum absolute atomic E-state index is 0.0278. The van der Waals surface area contributed by atoms with Gasteiger partial charge < -0.3 is 0 Å². The van der Waals surface area contributed by atoms with E-state index >= 15 is 0 Å². The van der Waals surface area contributed by atoms with Crippen LogP contribution in [0.4, 0.5) is 0 Å². The van der Waals surface area contributed by atoms with Crippen molar-refractivity contribution in [3.8, 4) is 0 Å². The fraction of sp³-hybridized carbons (Fsp3) is 1.00. The SMILES string of the molecule is CCCCCC.ClPCl. The summed E-state index contributed by atoms with van der Waals surface area (Å²) < 4.78 is 0. The monoisotopic (exact) mass is 188 g/mol. The lowest BCUT2D eigenvalue weighted by molar-refractivity contribution is 0.702. The Hall–Kier alpha value is 1.01. The summed E-state index contributed by atoms with van der Waals surface area (Å²) in [6.45, 7) is 4.46. The molecule has 0 amide bonds. The van der Waals surface area contributed by atoms with E-state index < -0.39 is 0 Å². The molecule has 0 aliphatic rings. The summed E-state index contributed by atoms with van der Waals surface area (Å²) >= 11 is 9.58. The standard InChI is InChI=1S/C6H14.Cl2HP/c1-3-5-6-4-2;1-3-2/h3-6H2,1-2H3;3H. The molecule has 58 valence electrons. The molecule has 0 unspecified atom stereocenters. The van der Waals surface area contributed by atoms with Crippen molar-refractivity contribution in [3.63, 3.8) is 0 Å². The Balaban J connectivity index is 0. The Morgan fingerprint density at radius 1 is 1.00 bits per heavy atom. The highest BCUT2D eigenvalue weighted by molar-refractivity contribution is 7.90. The molecule has 0 bridgehead atoms. The quantitative estimate of drug-likeness (QED) is 0.451. The zero-order valence-electron chi connectivity index (χ0n) is 6.08. The summed E-state index contributed by atoms with van der Waals surface area (Å²) in [5.41, 5.74) is 0. The van der Waals surface area contributed by atoms with Crippen LogP contribution in [0, 0.1) is 0 Å². The largest absolute Gasteiger partial charge is 0.0818 e. The van der Waals surface area contributed by atoms with Gasteiger partial charge in [0.15, 0.2) is 0 Å². The van der Waals surface area contributed by atoms with Gasteiger partial charge in [0.05, 0.1) is 7.29 Å². The zero-order chi connectivity index (χ0) is 7.54. The molecule has 0 radical (unpaired) electrons. The minimum Gasteiger partial charge on any atom is -0.0818 e. The van der Waals surface area contributed by atoms with Crippen molar-refractivity contribution in [1.29, 1.82) is 0 Å². The predicted molar refractivity (Wildman–Crippen MR) is 49.8 cm³/mol. The second-order valence-electron chi connectivity index (χ2n) is 1.78. The van der Waals surface area contributed by atoms with Crippen LogP contribution >= 0.6 is 29.8 Å². The van der Waals surface area contributed by atoms with E-state index in [1.165, 1.54) is 25.7 Å². The Bertz CT molecular complexity index is 30.2. The van der Waals surface area contributed by atoms with Gasteiger partial charge in [0, 0.05) is 0 Å². The third-order valence-corrected chi connectivity index (χ3v) is 0.957. The molecule has 0 atom stereocenters. The van der Waals surface area contributed by atoms with E-state index in [0.717, 1.165) is 0 Å². The Labute approximate surface area is 69.7 Å². The van der Waals surface area contributed by atoms with Crippen LogP contribution in [0.5, 0.6) is 0 Å². The number of unbranched alkanes of at least 4 members (excludes halogenated alkanes) is 3. The highest BCUT2D eigenvalue weighted by Gasteiger charge is 1.75. The molecule has 0 heterocycles. The van der Waals surface area contributed by atoms with Gasteiger partial charge in [0.2, 0.25) is 0 Å². The van der Waals surface area contributed by atoms with Crippen molar-refractivity contribution in [2.75, 3.05) is 0 Å². The minimum atomic E-state index is 0.0278. The van der Waals surface area contributed by atoms with Crippen LogP contribution in [0.2, 0.25) is 0 Å². The second kappa shape index (κ2) is 16.0. The van der Waals surface area contributed by atoms with E-state index in [4.69, 9.17) is 22.5 Å². The van der Waals surface area contributed by atoms with Crippen LogP contribution in [-0.4, -0.2) is 0 Å². The molecule has 0 rings (SSSR count). The van der Waals surface area contributed by atoms with Crippen molar-refractivity contribution in [1.82, 2.24) is 0 Å². The first kappa shape index (κ1) is 12.7. The topological polar surface area (TPSA) is 0 Å². The second-order valence-corrected chi connectivity index (χ2v) is 3.64. The summed E-state index contributed by atoms with van der Waals surface area (Å²) in [6, 6.07) is 0. The molecule has 0 saturated heterocycles. The third kappa shape index (κ3) is 27.5. The van der Waals surface area contributed by atoms with Crippen LogP contribution < -0.4 is 0 Å². The molecule has 0 aromatic heterocycles. The summed E-state index contributed by atoms with van der Waals surface area (Å²) in [7, 11) is 0.0278. The first-order valence-corrected chi connectivity index (χ1v) is 6.32. The molecule has 3 heteroatoms. The van der Waals surface area contributed by atoms with Crippen LogP contribution in [0.3, 0.4) is 0 Å². The Morgan fingerprint density at radius 3 is 1.33 bits per heavy atom. The molecule has 0 aliphatic heterocycles. The fourth-order valence-corrected chi connectivity index (χ4v) is 0.500. The molecule has 0 aromatic rings. The maximum absolute atomic E-state index is 4.79. The summed E-state index contributed by atoms with van der Waals surface area (Å²) in [5, 5.41) is 0. The van der Waals surface area contributed by atoms with Gasteiger partial charge in [-0.2, -0.15) is 0 Å². The van der Waals surface area contributed by atoms with E-state index in [9.17, 15) is 0 Å². The van der Waals surface area contributed by atoms with E-state index in [-0.39, 0.29) is 7.29 Å². The molecular formula is C6H15Cl2P. The molecule has 0 saturated carbocycles. The van der Waals surface area contributed by atoms with Crippen molar-refractivity contribution in [3.05, 3.63) is 0 Å². The van der Waals surface area contributed by atoms with E-state index in [1.807, 2.05) is 0 Å². The van der Waals surface area contributed by atoms with Crippen LogP contribution in [0.25, 0.3) is 0 Å². The van der Waals surface area contributed by atoms with Gasteiger partial charge >= 0.3 is 0 Å². The average molecular weight is 189 g/mol. The molecule has 0 aromatic carbocycles. The van der Waals surface area contributed by atoms with Gasteiger partial charge in [-0.3, -0.25) is 0 Å². The number of hydrogen-bond donors (Lipinski definition) is 0. The van der Waals surface area contributed by atoms with Gasteiger partial charge in [-0.1, -0.05) is 62.0 Å². The van der Waals surface area contributed by atoms with Crippen molar-refractivity contribution >= 4 is 29.8 Å². The van der Waals surface area contributed by atoms with Crippen LogP contribution in [-0.2, 0) is 0 Å². The van der Waals surface area contributed by atoms with Crippen molar-refractivity contribution in [2.45, 2.75) is 39.5 Å². The maximum atomic E-state index is 4.79. The molecule has 9 heavy (non-hydrogen) atoms. The molecule has 0 nitrogen and oxygen atoms in total. The highest BCUT2D eigenvalue weighted by Crippen LogP contribution is 2.19. The lowest BCUT2D eigenvalue weighted by Crippen LogP contribution is -1.66. The van der Waals surface area contributed by atoms with E-state index in [2.05, 4.69) is 13.8 Å². The number of rotatable bonds is 3. The average Bonchev–Trinajstić information content (AvgIpc) is 1.86. The molecule has 0 aliphatic carbocycles. The summed E-state index contributed by atoms with van der Waals surface area (Å²) in [4.78, 5) is 0. The molecular weight excluding hydrogens is 174 g/mol. The van der Waals surface area contributed by atoms with E-state index in [0.29, 0.717) is 0 Å².